The predicted octanol–water partition coefficient (Wildman–Crippen LogP) is 4.83. The van der Waals surface area contributed by atoms with E-state index in [9.17, 15) is 13.2 Å². The summed E-state index contributed by atoms with van der Waals surface area (Å²) in [6, 6.07) is 12.8. The molecule has 1 N–H and O–H groups in total. The normalized spacial score (nSPS) is 14.9. The summed E-state index contributed by atoms with van der Waals surface area (Å²) >= 11 is 1.65. The van der Waals surface area contributed by atoms with E-state index >= 15 is 0 Å². The number of carbonyl (C=O) groups is 1. The molecule has 0 bridgehead atoms. The molecule has 0 aliphatic carbocycles. The summed E-state index contributed by atoms with van der Waals surface area (Å²) in [4.78, 5) is 17.2. The standard InChI is InChI=1S/C24H29N3O4S2/c1-2-31-20-14-13-18(17-22(20)33(29,30)27-15-6-3-7-16-27)25-23(28)11-8-12-24-26-19-9-4-5-10-21(19)32-24/h4-5,9-10,13-14,17H,2-3,6-8,11-12,15-16H2,1H3,(H,25,28). The Morgan fingerprint density at radius 2 is 1.94 bits per heavy atom. The van der Waals surface area contributed by atoms with Crippen molar-refractivity contribution in [3.63, 3.8) is 0 Å². The minimum atomic E-state index is -3.69. The van der Waals surface area contributed by atoms with Gasteiger partial charge < -0.3 is 10.1 Å². The van der Waals surface area contributed by atoms with Crippen LogP contribution >= 0.6 is 11.3 Å². The third-order valence-electron chi connectivity index (χ3n) is 5.59. The fourth-order valence-electron chi connectivity index (χ4n) is 3.96. The fourth-order valence-corrected chi connectivity index (χ4v) is 6.64. The van der Waals surface area contributed by atoms with Gasteiger partial charge in [-0.1, -0.05) is 18.6 Å². The van der Waals surface area contributed by atoms with Gasteiger partial charge in [0.2, 0.25) is 15.9 Å². The number of ether oxygens (including phenoxy) is 1. The highest BCUT2D eigenvalue weighted by molar-refractivity contribution is 7.89. The van der Waals surface area contributed by atoms with Crippen LogP contribution in [0.3, 0.4) is 0 Å². The topological polar surface area (TPSA) is 88.6 Å². The highest BCUT2D eigenvalue weighted by Crippen LogP contribution is 2.31. The lowest BCUT2D eigenvalue weighted by Gasteiger charge is -2.27. The lowest BCUT2D eigenvalue weighted by Crippen LogP contribution is -2.35. The maximum Gasteiger partial charge on any atom is 0.246 e. The smallest absolute Gasteiger partial charge is 0.246 e. The first-order valence-corrected chi connectivity index (χ1v) is 13.6. The highest BCUT2D eigenvalue weighted by Gasteiger charge is 2.29. The Balaban J connectivity index is 1.41. The minimum absolute atomic E-state index is 0.110. The second kappa shape index (κ2) is 10.6. The van der Waals surface area contributed by atoms with E-state index < -0.39 is 10.0 Å². The number of nitrogens with zero attached hydrogens (tertiary/aromatic N) is 2. The number of hydrogen-bond acceptors (Lipinski definition) is 6. The van der Waals surface area contributed by atoms with Crippen molar-refractivity contribution < 1.29 is 17.9 Å². The molecule has 1 aliphatic rings. The Hall–Kier alpha value is -2.49. The van der Waals surface area contributed by atoms with Gasteiger partial charge in [0, 0.05) is 25.2 Å². The van der Waals surface area contributed by atoms with Crippen LogP contribution in [-0.4, -0.2) is 43.3 Å². The van der Waals surface area contributed by atoms with E-state index in [-0.39, 0.29) is 10.8 Å². The number of nitrogens with one attached hydrogen (secondary N) is 1. The molecular weight excluding hydrogens is 458 g/mol. The van der Waals surface area contributed by atoms with Crippen LogP contribution in [0.4, 0.5) is 5.69 Å². The number of benzene rings is 2. The van der Waals surface area contributed by atoms with Crippen LogP contribution in [0.25, 0.3) is 10.2 Å². The van der Waals surface area contributed by atoms with Crippen LogP contribution < -0.4 is 10.1 Å². The van der Waals surface area contributed by atoms with Crippen molar-refractivity contribution >= 4 is 43.2 Å². The first-order valence-electron chi connectivity index (χ1n) is 11.4. The van der Waals surface area contributed by atoms with E-state index in [1.807, 2.05) is 31.2 Å². The van der Waals surface area contributed by atoms with Crippen LogP contribution in [0.2, 0.25) is 0 Å². The molecule has 176 valence electrons. The van der Waals surface area contributed by atoms with Gasteiger partial charge in [-0.25, -0.2) is 13.4 Å². The Morgan fingerprint density at radius 3 is 2.70 bits per heavy atom. The van der Waals surface area contributed by atoms with Crippen molar-refractivity contribution in [3.8, 4) is 5.75 Å². The van der Waals surface area contributed by atoms with Gasteiger partial charge in [0.15, 0.2) is 0 Å². The molecule has 0 spiro atoms. The first kappa shape index (κ1) is 23.7. The van der Waals surface area contributed by atoms with E-state index in [2.05, 4.69) is 10.3 Å². The average molecular weight is 488 g/mol. The van der Waals surface area contributed by atoms with Crippen molar-refractivity contribution in [1.82, 2.24) is 9.29 Å². The van der Waals surface area contributed by atoms with E-state index in [1.165, 1.54) is 10.4 Å². The molecular formula is C24H29N3O4S2. The molecule has 33 heavy (non-hydrogen) atoms. The molecule has 0 unspecified atom stereocenters. The molecule has 1 saturated heterocycles. The molecule has 0 saturated carbocycles. The number of anilines is 1. The van der Waals surface area contributed by atoms with Gasteiger partial charge >= 0.3 is 0 Å². The average Bonchev–Trinajstić information content (AvgIpc) is 3.23. The molecule has 1 aromatic heterocycles. The van der Waals surface area contributed by atoms with Gasteiger partial charge in [0.05, 0.1) is 21.8 Å². The number of fused-ring (bicyclic) bond motifs is 1. The number of piperidine rings is 1. The molecule has 7 nitrogen and oxygen atoms in total. The minimum Gasteiger partial charge on any atom is -0.492 e. The predicted molar refractivity (Wildman–Crippen MR) is 131 cm³/mol. The summed E-state index contributed by atoms with van der Waals surface area (Å²) < 4.78 is 34.7. The summed E-state index contributed by atoms with van der Waals surface area (Å²) in [5.74, 6) is 0.165. The Bertz CT molecular complexity index is 1180. The van der Waals surface area contributed by atoms with Crippen molar-refractivity contribution in [3.05, 3.63) is 47.5 Å². The lowest BCUT2D eigenvalue weighted by atomic mass is 10.2. The molecule has 0 radical (unpaired) electrons. The van der Waals surface area contributed by atoms with Crippen molar-refractivity contribution in [2.24, 2.45) is 0 Å². The zero-order chi connectivity index (χ0) is 23.3. The van der Waals surface area contributed by atoms with Gasteiger partial charge in [0.1, 0.15) is 10.6 Å². The van der Waals surface area contributed by atoms with E-state index in [1.54, 1.807) is 23.5 Å². The summed E-state index contributed by atoms with van der Waals surface area (Å²) in [5, 5.41) is 3.86. The number of hydrogen-bond donors (Lipinski definition) is 1. The summed E-state index contributed by atoms with van der Waals surface area (Å²) in [7, 11) is -3.69. The van der Waals surface area contributed by atoms with Crippen LogP contribution in [0.1, 0.15) is 44.0 Å². The number of aryl methyl sites for hydroxylation is 1. The summed E-state index contributed by atoms with van der Waals surface area (Å²) in [5.41, 5.74) is 1.44. The number of aromatic nitrogens is 1. The van der Waals surface area contributed by atoms with Crippen molar-refractivity contribution in [2.45, 2.75) is 50.3 Å². The fraction of sp³-hybridized carbons (Fsp3) is 0.417. The maximum absolute atomic E-state index is 13.3. The SMILES string of the molecule is CCOc1ccc(NC(=O)CCCc2nc3ccccc3s2)cc1S(=O)(=O)N1CCCCC1. The lowest BCUT2D eigenvalue weighted by molar-refractivity contribution is -0.116. The number of rotatable bonds is 9. The van der Waals surface area contributed by atoms with Gasteiger partial charge in [0.25, 0.3) is 0 Å². The van der Waals surface area contributed by atoms with E-state index in [0.29, 0.717) is 44.0 Å². The van der Waals surface area contributed by atoms with E-state index in [4.69, 9.17) is 4.74 Å². The molecule has 2 heterocycles. The molecule has 3 aromatic rings. The third kappa shape index (κ3) is 5.72. The van der Waals surface area contributed by atoms with E-state index in [0.717, 1.165) is 40.9 Å². The number of para-hydroxylation sites is 1. The number of sulfonamides is 1. The first-order chi connectivity index (χ1) is 16.0. The summed E-state index contributed by atoms with van der Waals surface area (Å²) in [6.45, 7) is 3.20. The highest BCUT2D eigenvalue weighted by atomic mass is 32.2. The zero-order valence-corrected chi connectivity index (χ0v) is 20.4. The number of carbonyl (C=O) groups excluding carboxylic acids is 1. The molecule has 1 fully saturated rings. The molecule has 0 atom stereocenters. The number of amides is 1. The van der Waals surface area contributed by atoms with Gasteiger partial charge in [-0.05, 0) is 62.9 Å². The van der Waals surface area contributed by atoms with Gasteiger partial charge in [-0.2, -0.15) is 4.31 Å². The molecule has 1 aliphatic heterocycles. The zero-order valence-electron chi connectivity index (χ0n) is 18.7. The molecule has 4 rings (SSSR count). The second-order valence-corrected chi connectivity index (χ2v) is 11.1. The Kier molecular flexibility index (Phi) is 7.62. The Labute approximate surface area is 198 Å². The van der Waals surface area contributed by atoms with Crippen LogP contribution in [0, 0.1) is 0 Å². The van der Waals surface area contributed by atoms with Crippen LogP contribution in [0.5, 0.6) is 5.75 Å². The Morgan fingerprint density at radius 1 is 1.15 bits per heavy atom. The summed E-state index contributed by atoms with van der Waals surface area (Å²) in [6.07, 6.45) is 4.48. The monoisotopic (exact) mass is 487 g/mol. The molecule has 1 amide bonds. The van der Waals surface area contributed by atoms with Crippen LogP contribution in [-0.2, 0) is 21.2 Å². The van der Waals surface area contributed by atoms with Crippen molar-refractivity contribution in [1.29, 1.82) is 0 Å². The van der Waals surface area contributed by atoms with Crippen LogP contribution in [0.15, 0.2) is 47.4 Å². The third-order valence-corrected chi connectivity index (χ3v) is 8.61. The second-order valence-electron chi connectivity index (χ2n) is 8.04. The number of thiazole rings is 1. The quantitative estimate of drug-likeness (QED) is 0.467. The van der Waals surface area contributed by atoms with Gasteiger partial charge in [-0.3, -0.25) is 4.79 Å². The molecule has 2 aromatic carbocycles. The molecule has 9 heteroatoms. The van der Waals surface area contributed by atoms with Crippen molar-refractivity contribution in [2.75, 3.05) is 25.0 Å². The van der Waals surface area contributed by atoms with Gasteiger partial charge in [-0.15, -0.1) is 11.3 Å². The maximum atomic E-state index is 13.3. The largest absolute Gasteiger partial charge is 0.492 e.